The minimum absolute atomic E-state index is 1.15. The zero-order valence-electron chi connectivity index (χ0n) is 22.3. The van der Waals surface area contributed by atoms with Crippen molar-refractivity contribution < 1.29 is 0 Å². The van der Waals surface area contributed by atoms with Gasteiger partial charge < -0.3 is 13.7 Å². The van der Waals surface area contributed by atoms with E-state index in [1.54, 1.807) is 0 Å². The molecule has 9 rings (SSSR count). The van der Waals surface area contributed by atoms with Gasteiger partial charge in [0, 0.05) is 49.9 Å². The summed E-state index contributed by atoms with van der Waals surface area (Å²) in [6, 6.07) is 48.3. The lowest BCUT2D eigenvalue weighted by Gasteiger charge is -2.09. The van der Waals surface area contributed by atoms with E-state index in [1.165, 1.54) is 54.4 Å². The van der Waals surface area contributed by atoms with Crippen LogP contribution in [0.15, 0.2) is 140 Å². The van der Waals surface area contributed by atoms with E-state index in [0.29, 0.717) is 0 Å². The number of benzene rings is 6. The highest BCUT2D eigenvalue weighted by Crippen LogP contribution is 2.38. The van der Waals surface area contributed by atoms with Gasteiger partial charge in [-0.3, -0.25) is 0 Å². The first-order valence-electron chi connectivity index (χ1n) is 14.0. The standard InChI is InChI=1S/C38H25N3/c1-2-39-33-21-19-25(40-35-15-7-3-11-27(35)28-12-4-8-16-36(28)40)23-31(33)32-24-26(20-22-34(32)39)41-37-17-9-5-13-29(37)30-14-6-10-18-38(30)41/h2-24H,1H2. The van der Waals surface area contributed by atoms with Crippen LogP contribution in [0.2, 0.25) is 0 Å². The fourth-order valence-electron chi connectivity index (χ4n) is 6.91. The van der Waals surface area contributed by atoms with Gasteiger partial charge in [-0.15, -0.1) is 0 Å². The number of nitrogens with zero attached hydrogens (tertiary/aromatic N) is 3. The molecule has 0 unspecified atom stereocenters. The summed E-state index contributed by atoms with van der Waals surface area (Å²) in [5, 5.41) is 7.50. The molecule has 0 aliphatic heterocycles. The lowest BCUT2D eigenvalue weighted by atomic mass is 10.1. The summed E-state index contributed by atoms with van der Waals surface area (Å²) in [4.78, 5) is 0. The van der Waals surface area contributed by atoms with Crippen LogP contribution in [0.25, 0.3) is 83.0 Å². The van der Waals surface area contributed by atoms with E-state index in [9.17, 15) is 0 Å². The van der Waals surface area contributed by atoms with Crippen LogP contribution in [-0.4, -0.2) is 13.7 Å². The fraction of sp³-hybridized carbons (Fsp3) is 0. The Morgan fingerprint density at radius 2 is 0.707 bits per heavy atom. The van der Waals surface area contributed by atoms with Crippen LogP contribution in [0.1, 0.15) is 0 Å². The van der Waals surface area contributed by atoms with E-state index in [-0.39, 0.29) is 0 Å². The number of rotatable bonds is 3. The lowest BCUT2D eigenvalue weighted by molar-refractivity contribution is 1.18. The van der Waals surface area contributed by atoms with Crippen LogP contribution in [0.4, 0.5) is 0 Å². The number of para-hydroxylation sites is 4. The van der Waals surface area contributed by atoms with Gasteiger partial charge >= 0.3 is 0 Å². The van der Waals surface area contributed by atoms with Crippen LogP contribution < -0.4 is 0 Å². The highest BCUT2D eigenvalue weighted by Gasteiger charge is 2.17. The molecule has 0 fully saturated rings. The van der Waals surface area contributed by atoms with Crippen molar-refractivity contribution in [3.8, 4) is 11.4 Å². The summed E-state index contributed by atoms with van der Waals surface area (Å²) in [5.41, 5.74) is 9.47. The molecule has 0 bridgehead atoms. The normalized spacial score (nSPS) is 12.0. The molecule has 0 aliphatic carbocycles. The number of fused-ring (bicyclic) bond motifs is 9. The van der Waals surface area contributed by atoms with Gasteiger partial charge in [-0.05, 0) is 60.7 Å². The molecular weight excluding hydrogens is 498 g/mol. The Kier molecular flexibility index (Phi) is 4.48. The summed E-state index contributed by atoms with van der Waals surface area (Å²) in [5.74, 6) is 0. The molecular formula is C38H25N3. The molecule has 0 saturated heterocycles. The molecule has 0 atom stereocenters. The number of hydrogen-bond donors (Lipinski definition) is 0. The van der Waals surface area contributed by atoms with Crippen molar-refractivity contribution in [1.29, 1.82) is 0 Å². The molecule has 0 amide bonds. The van der Waals surface area contributed by atoms with Crippen LogP contribution in [0, 0.1) is 0 Å². The first-order chi connectivity index (χ1) is 20.3. The van der Waals surface area contributed by atoms with Crippen LogP contribution in [-0.2, 0) is 0 Å². The Labute approximate surface area is 236 Å². The monoisotopic (exact) mass is 523 g/mol. The van der Waals surface area contributed by atoms with Crippen molar-refractivity contribution in [1.82, 2.24) is 13.7 Å². The second-order valence-corrected chi connectivity index (χ2v) is 10.7. The Balaban J connectivity index is 1.36. The highest BCUT2D eigenvalue weighted by molar-refractivity contribution is 6.14. The molecule has 3 heteroatoms. The maximum absolute atomic E-state index is 4.16. The van der Waals surface area contributed by atoms with E-state index in [2.05, 4.69) is 154 Å². The highest BCUT2D eigenvalue weighted by atomic mass is 15.0. The van der Waals surface area contributed by atoms with Gasteiger partial charge in [0.1, 0.15) is 0 Å². The molecule has 6 aromatic carbocycles. The first-order valence-corrected chi connectivity index (χ1v) is 14.0. The third kappa shape index (κ3) is 2.98. The van der Waals surface area contributed by atoms with E-state index >= 15 is 0 Å². The maximum Gasteiger partial charge on any atom is 0.0541 e. The molecule has 9 aromatic rings. The Bertz CT molecular complexity index is 2220. The molecule has 0 N–H and O–H groups in total. The maximum atomic E-state index is 4.16. The SMILES string of the molecule is C=Cn1c2ccc(-n3c4ccccc4c4ccccc43)cc2c2cc(-n3c4ccccc4c4ccccc43)ccc21. The zero-order chi connectivity index (χ0) is 27.1. The van der Waals surface area contributed by atoms with Crippen molar-refractivity contribution >= 4 is 71.6 Å². The average Bonchev–Trinajstić information content (AvgIpc) is 3.66. The molecule has 192 valence electrons. The first kappa shape index (κ1) is 22.3. The smallest absolute Gasteiger partial charge is 0.0541 e. The van der Waals surface area contributed by atoms with E-state index in [4.69, 9.17) is 0 Å². The molecule has 3 nitrogen and oxygen atoms in total. The Morgan fingerprint density at radius 3 is 1.05 bits per heavy atom. The average molecular weight is 524 g/mol. The van der Waals surface area contributed by atoms with E-state index in [0.717, 1.165) is 22.4 Å². The molecule has 0 saturated carbocycles. The van der Waals surface area contributed by atoms with E-state index in [1.807, 2.05) is 6.20 Å². The predicted molar refractivity (Wildman–Crippen MR) is 175 cm³/mol. The number of aromatic nitrogens is 3. The van der Waals surface area contributed by atoms with Gasteiger partial charge in [-0.1, -0.05) is 79.4 Å². The van der Waals surface area contributed by atoms with Crippen molar-refractivity contribution in [3.63, 3.8) is 0 Å². The molecule has 41 heavy (non-hydrogen) atoms. The van der Waals surface area contributed by atoms with Crippen molar-refractivity contribution in [2.75, 3.05) is 0 Å². The topological polar surface area (TPSA) is 14.8 Å². The summed E-state index contributed by atoms with van der Waals surface area (Å²) >= 11 is 0. The fourth-order valence-corrected chi connectivity index (χ4v) is 6.91. The van der Waals surface area contributed by atoms with Gasteiger partial charge in [0.25, 0.3) is 0 Å². The molecule has 0 radical (unpaired) electrons. The van der Waals surface area contributed by atoms with Crippen molar-refractivity contribution in [2.45, 2.75) is 0 Å². The Morgan fingerprint density at radius 1 is 0.366 bits per heavy atom. The third-order valence-corrected chi connectivity index (χ3v) is 8.63. The van der Waals surface area contributed by atoms with E-state index < -0.39 is 0 Å². The van der Waals surface area contributed by atoms with Crippen molar-refractivity contribution in [3.05, 3.63) is 140 Å². The predicted octanol–water partition coefficient (Wildman–Crippen LogP) is 10.1. The summed E-state index contributed by atoms with van der Waals surface area (Å²) in [6.07, 6.45) is 1.92. The lowest BCUT2D eigenvalue weighted by Crippen LogP contribution is -1.94. The quantitative estimate of drug-likeness (QED) is 0.219. The van der Waals surface area contributed by atoms with Crippen LogP contribution in [0.3, 0.4) is 0 Å². The summed E-state index contributed by atoms with van der Waals surface area (Å²) in [7, 11) is 0. The minimum Gasteiger partial charge on any atom is -0.317 e. The second kappa shape index (κ2) is 8.23. The van der Waals surface area contributed by atoms with Gasteiger partial charge in [-0.25, -0.2) is 0 Å². The second-order valence-electron chi connectivity index (χ2n) is 10.7. The third-order valence-electron chi connectivity index (χ3n) is 8.63. The van der Waals surface area contributed by atoms with Crippen molar-refractivity contribution in [2.24, 2.45) is 0 Å². The Hall–Kier alpha value is -5.54. The van der Waals surface area contributed by atoms with Gasteiger partial charge in [0.2, 0.25) is 0 Å². The molecule has 0 spiro atoms. The van der Waals surface area contributed by atoms with Gasteiger partial charge in [0.05, 0.1) is 33.1 Å². The molecule has 3 aromatic heterocycles. The summed E-state index contributed by atoms with van der Waals surface area (Å²) in [6.45, 7) is 4.16. The van der Waals surface area contributed by atoms with Crippen LogP contribution >= 0.6 is 0 Å². The molecule has 3 heterocycles. The zero-order valence-corrected chi connectivity index (χ0v) is 22.3. The minimum atomic E-state index is 1.15. The molecule has 0 aliphatic rings. The van der Waals surface area contributed by atoms with Gasteiger partial charge in [-0.2, -0.15) is 0 Å². The number of hydrogen-bond acceptors (Lipinski definition) is 0. The van der Waals surface area contributed by atoms with Crippen LogP contribution in [0.5, 0.6) is 0 Å². The largest absolute Gasteiger partial charge is 0.317 e. The summed E-state index contributed by atoms with van der Waals surface area (Å²) < 4.78 is 6.98. The van der Waals surface area contributed by atoms with Gasteiger partial charge in [0.15, 0.2) is 0 Å².